The Kier molecular flexibility index (Phi) is 4.98. The number of hydrogen-bond acceptors (Lipinski definition) is 5. The van der Waals surface area contributed by atoms with Crippen molar-refractivity contribution in [3.05, 3.63) is 41.4 Å². The van der Waals surface area contributed by atoms with Gasteiger partial charge in [0.15, 0.2) is 5.13 Å². The molecule has 0 spiro atoms. The predicted octanol–water partition coefficient (Wildman–Crippen LogP) is 2.96. The first-order chi connectivity index (χ1) is 11.5. The second-order valence-electron chi connectivity index (χ2n) is 5.78. The van der Waals surface area contributed by atoms with Crippen molar-refractivity contribution in [3.63, 3.8) is 0 Å². The molecular weight excluding hydrogens is 346 g/mol. The average Bonchev–Trinajstić information content (AvgIpc) is 3.08. The molecule has 1 amide bonds. The van der Waals surface area contributed by atoms with Gasteiger partial charge < -0.3 is 0 Å². The van der Waals surface area contributed by atoms with E-state index < -0.39 is 10.0 Å². The van der Waals surface area contributed by atoms with Crippen LogP contribution in [0.2, 0.25) is 0 Å². The summed E-state index contributed by atoms with van der Waals surface area (Å²) in [6.45, 7) is 2.49. The van der Waals surface area contributed by atoms with E-state index in [0.717, 1.165) is 19.3 Å². The lowest BCUT2D eigenvalue weighted by molar-refractivity contribution is 0.102. The topological polar surface area (TPSA) is 79.4 Å². The summed E-state index contributed by atoms with van der Waals surface area (Å²) in [7, 11) is -3.51. The summed E-state index contributed by atoms with van der Waals surface area (Å²) in [5.74, 6) is -0.305. The zero-order chi connectivity index (χ0) is 17.2. The highest BCUT2D eigenvalue weighted by molar-refractivity contribution is 7.89. The van der Waals surface area contributed by atoms with Crippen molar-refractivity contribution < 1.29 is 13.2 Å². The normalized spacial score (nSPS) is 19.1. The molecular formula is C16H19N3O3S2. The summed E-state index contributed by atoms with van der Waals surface area (Å²) in [5, 5.41) is 4.96. The third-order valence-corrected chi connectivity index (χ3v) is 6.83. The number of nitrogens with zero attached hydrogens (tertiary/aromatic N) is 2. The predicted molar refractivity (Wildman–Crippen MR) is 93.7 cm³/mol. The van der Waals surface area contributed by atoms with Gasteiger partial charge in [0.25, 0.3) is 5.91 Å². The molecule has 1 aliphatic heterocycles. The molecule has 0 saturated carbocycles. The van der Waals surface area contributed by atoms with Crippen LogP contribution in [0.3, 0.4) is 0 Å². The number of amides is 1. The number of piperidine rings is 1. The van der Waals surface area contributed by atoms with Gasteiger partial charge in [-0.15, -0.1) is 11.3 Å². The van der Waals surface area contributed by atoms with Crippen LogP contribution in [0, 0.1) is 0 Å². The first-order valence-corrected chi connectivity index (χ1v) is 10.1. The highest BCUT2D eigenvalue weighted by Crippen LogP contribution is 2.25. The van der Waals surface area contributed by atoms with Gasteiger partial charge in [-0.05, 0) is 44.0 Å². The zero-order valence-corrected chi connectivity index (χ0v) is 14.9. The maximum absolute atomic E-state index is 12.8. The molecule has 0 bridgehead atoms. The molecule has 1 N–H and O–H groups in total. The number of rotatable bonds is 4. The number of sulfonamides is 1. The fourth-order valence-electron chi connectivity index (χ4n) is 2.80. The van der Waals surface area contributed by atoms with E-state index in [1.807, 2.05) is 6.92 Å². The monoisotopic (exact) mass is 365 g/mol. The van der Waals surface area contributed by atoms with Crippen molar-refractivity contribution in [3.8, 4) is 0 Å². The quantitative estimate of drug-likeness (QED) is 0.903. The minimum absolute atomic E-state index is 0.0108. The number of anilines is 1. The third-order valence-electron chi connectivity index (χ3n) is 4.12. The Morgan fingerprint density at radius 1 is 1.29 bits per heavy atom. The number of aromatic nitrogens is 1. The Morgan fingerprint density at radius 2 is 2.04 bits per heavy atom. The maximum Gasteiger partial charge on any atom is 0.257 e. The van der Waals surface area contributed by atoms with Crippen LogP contribution in [0.1, 0.15) is 36.5 Å². The second-order valence-corrected chi connectivity index (χ2v) is 8.56. The van der Waals surface area contributed by atoms with Crippen LogP contribution in [0.15, 0.2) is 40.7 Å². The number of thiazole rings is 1. The molecule has 1 saturated heterocycles. The molecule has 1 atom stereocenters. The van der Waals surface area contributed by atoms with E-state index in [1.54, 1.807) is 15.9 Å². The molecule has 2 aromatic rings. The summed E-state index contributed by atoms with van der Waals surface area (Å²) in [5.41, 5.74) is 0.399. The van der Waals surface area contributed by atoms with Crippen molar-refractivity contribution >= 4 is 32.4 Å². The summed E-state index contributed by atoms with van der Waals surface area (Å²) >= 11 is 1.33. The third kappa shape index (κ3) is 3.50. The van der Waals surface area contributed by atoms with E-state index >= 15 is 0 Å². The lowest BCUT2D eigenvalue weighted by Crippen LogP contribution is -2.41. The first kappa shape index (κ1) is 17.1. The molecule has 128 valence electrons. The van der Waals surface area contributed by atoms with Gasteiger partial charge >= 0.3 is 0 Å². The Hall–Kier alpha value is -1.77. The molecule has 1 fully saturated rings. The SMILES string of the molecule is CC1CCCCN1S(=O)(=O)c1ccc(C(=O)Nc2nccs2)cc1. The van der Waals surface area contributed by atoms with E-state index in [9.17, 15) is 13.2 Å². The summed E-state index contributed by atoms with van der Waals surface area (Å²) in [6.07, 6.45) is 4.43. The number of carbonyl (C=O) groups excluding carboxylic acids is 1. The van der Waals surface area contributed by atoms with Crippen molar-refractivity contribution in [2.45, 2.75) is 37.1 Å². The van der Waals surface area contributed by atoms with Gasteiger partial charge in [0.2, 0.25) is 10.0 Å². The molecule has 1 aliphatic rings. The molecule has 1 aromatic carbocycles. The van der Waals surface area contributed by atoms with Crippen molar-refractivity contribution in [2.75, 3.05) is 11.9 Å². The van der Waals surface area contributed by atoms with E-state index in [1.165, 1.54) is 35.6 Å². The molecule has 24 heavy (non-hydrogen) atoms. The van der Waals surface area contributed by atoms with Gasteiger partial charge in [0.1, 0.15) is 0 Å². The number of benzene rings is 1. The van der Waals surface area contributed by atoms with Crippen LogP contribution in [0.5, 0.6) is 0 Å². The number of nitrogens with one attached hydrogen (secondary N) is 1. The van der Waals surface area contributed by atoms with E-state index in [0.29, 0.717) is 17.2 Å². The zero-order valence-electron chi connectivity index (χ0n) is 13.3. The van der Waals surface area contributed by atoms with Gasteiger partial charge in [-0.2, -0.15) is 4.31 Å². The second kappa shape index (κ2) is 7.00. The largest absolute Gasteiger partial charge is 0.298 e. The fraction of sp³-hybridized carbons (Fsp3) is 0.375. The molecule has 3 rings (SSSR count). The van der Waals surface area contributed by atoms with Crippen molar-refractivity contribution in [1.29, 1.82) is 0 Å². The minimum atomic E-state index is -3.51. The van der Waals surface area contributed by atoms with Crippen LogP contribution in [0.25, 0.3) is 0 Å². The van der Waals surface area contributed by atoms with Gasteiger partial charge in [-0.1, -0.05) is 6.42 Å². The number of hydrogen-bond donors (Lipinski definition) is 1. The van der Waals surface area contributed by atoms with E-state index in [4.69, 9.17) is 0 Å². The molecule has 1 unspecified atom stereocenters. The first-order valence-electron chi connectivity index (χ1n) is 7.81. The maximum atomic E-state index is 12.8. The molecule has 1 aromatic heterocycles. The van der Waals surface area contributed by atoms with Gasteiger partial charge in [0, 0.05) is 29.7 Å². The lowest BCUT2D eigenvalue weighted by Gasteiger charge is -2.32. The highest BCUT2D eigenvalue weighted by atomic mass is 32.2. The van der Waals surface area contributed by atoms with Crippen molar-refractivity contribution in [2.24, 2.45) is 0 Å². The van der Waals surface area contributed by atoms with Gasteiger partial charge in [0.05, 0.1) is 4.90 Å². The Bertz CT molecular complexity index is 802. The van der Waals surface area contributed by atoms with E-state index in [-0.39, 0.29) is 16.8 Å². The molecule has 6 nitrogen and oxygen atoms in total. The number of carbonyl (C=O) groups is 1. The van der Waals surface area contributed by atoms with Crippen LogP contribution < -0.4 is 5.32 Å². The summed E-state index contributed by atoms with van der Waals surface area (Å²) in [4.78, 5) is 16.3. The standard InChI is InChI=1S/C16H19N3O3S2/c1-12-4-2-3-10-19(12)24(21,22)14-7-5-13(6-8-14)15(20)18-16-17-9-11-23-16/h5-9,11-12H,2-4,10H2,1H3,(H,17,18,20). The Morgan fingerprint density at radius 3 is 2.67 bits per heavy atom. The van der Waals surface area contributed by atoms with Gasteiger partial charge in [-0.25, -0.2) is 13.4 Å². The van der Waals surface area contributed by atoms with E-state index in [2.05, 4.69) is 10.3 Å². The van der Waals surface area contributed by atoms with Crippen LogP contribution in [0.4, 0.5) is 5.13 Å². The van der Waals surface area contributed by atoms with Crippen LogP contribution in [-0.4, -0.2) is 36.2 Å². The van der Waals surface area contributed by atoms with Crippen LogP contribution in [-0.2, 0) is 10.0 Å². The highest BCUT2D eigenvalue weighted by Gasteiger charge is 2.30. The van der Waals surface area contributed by atoms with Crippen LogP contribution >= 0.6 is 11.3 Å². The smallest absolute Gasteiger partial charge is 0.257 e. The Labute approximate surface area is 145 Å². The summed E-state index contributed by atoms with van der Waals surface area (Å²) < 4.78 is 27.1. The molecule has 0 aliphatic carbocycles. The Balaban J connectivity index is 1.77. The summed E-state index contributed by atoms with van der Waals surface area (Å²) in [6, 6.07) is 6.06. The van der Waals surface area contributed by atoms with Crippen molar-refractivity contribution in [1.82, 2.24) is 9.29 Å². The minimum Gasteiger partial charge on any atom is -0.298 e. The fourth-order valence-corrected chi connectivity index (χ4v) is 5.02. The van der Waals surface area contributed by atoms with Gasteiger partial charge in [-0.3, -0.25) is 10.1 Å². The lowest BCUT2D eigenvalue weighted by atomic mass is 10.1. The molecule has 2 heterocycles. The average molecular weight is 365 g/mol. The molecule has 8 heteroatoms. The molecule has 0 radical (unpaired) electrons.